The molecule has 0 saturated heterocycles. The van der Waals surface area contributed by atoms with E-state index in [1.165, 1.54) is 5.56 Å². The molecule has 14 heavy (non-hydrogen) atoms. The Balaban J connectivity index is 2.59. The number of aliphatic hydroxyl groups is 1. The molecule has 0 aliphatic carbocycles. The summed E-state index contributed by atoms with van der Waals surface area (Å²) in [6.07, 6.45) is -0.469. The Labute approximate surface area is 101 Å². The zero-order valence-electron chi connectivity index (χ0n) is 7.84. The average molecular weight is 324 g/mol. The quantitative estimate of drug-likeness (QED) is 0.863. The number of hydrogen-bond donors (Lipinski definition) is 1. The summed E-state index contributed by atoms with van der Waals surface area (Å²) in [7, 11) is 0. The van der Waals surface area contributed by atoms with Gasteiger partial charge in [-0.15, -0.1) is 0 Å². The van der Waals surface area contributed by atoms with E-state index in [4.69, 9.17) is 4.74 Å². The molecule has 1 aromatic rings. The van der Waals surface area contributed by atoms with Gasteiger partial charge in [-0.3, -0.25) is 0 Å². The van der Waals surface area contributed by atoms with E-state index in [1.54, 1.807) is 0 Å². The standard InChI is InChI=1S/C10H12Br2O2/c1-7-2-3-10(9(12)4-7)14-6-8(13)5-11/h2-4,8,13H,5-6H2,1H3. The number of ether oxygens (including phenoxy) is 1. The highest BCUT2D eigenvalue weighted by Gasteiger charge is 2.05. The van der Waals surface area contributed by atoms with Gasteiger partial charge in [0.1, 0.15) is 12.4 Å². The lowest BCUT2D eigenvalue weighted by Gasteiger charge is -2.11. The molecule has 0 spiro atoms. The van der Waals surface area contributed by atoms with Crippen LogP contribution in [-0.4, -0.2) is 23.1 Å². The molecule has 78 valence electrons. The summed E-state index contributed by atoms with van der Waals surface area (Å²) < 4.78 is 6.33. The summed E-state index contributed by atoms with van der Waals surface area (Å²) in [5, 5.41) is 9.80. The van der Waals surface area contributed by atoms with Crippen LogP contribution in [0.2, 0.25) is 0 Å². The van der Waals surface area contributed by atoms with Crippen molar-refractivity contribution in [1.29, 1.82) is 0 Å². The second kappa shape index (κ2) is 5.73. The predicted molar refractivity (Wildman–Crippen MR) is 64.2 cm³/mol. The molecule has 0 amide bonds. The van der Waals surface area contributed by atoms with Gasteiger partial charge in [-0.25, -0.2) is 0 Å². The van der Waals surface area contributed by atoms with Gasteiger partial charge in [0.25, 0.3) is 0 Å². The van der Waals surface area contributed by atoms with E-state index < -0.39 is 6.10 Å². The molecule has 1 atom stereocenters. The minimum atomic E-state index is -0.469. The molecule has 2 nitrogen and oxygen atoms in total. The van der Waals surface area contributed by atoms with Gasteiger partial charge in [-0.1, -0.05) is 22.0 Å². The van der Waals surface area contributed by atoms with E-state index in [-0.39, 0.29) is 0 Å². The van der Waals surface area contributed by atoms with Crippen molar-refractivity contribution in [3.8, 4) is 5.75 Å². The average Bonchev–Trinajstić information content (AvgIpc) is 2.16. The van der Waals surface area contributed by atoms with Gasteiger partial charge in [0.2, 0.25) is 0 Å². The van der Waals surface area contributed by atoms with E-state index in [1.807, 2.05) is 25.1 Å². The van der Waals surface area contributed by atoms with Crippen molar-refractivity contribution >= 4 is 31.9 Å². The van der Waals surface area contributed by atoms with Crippen LogP contribution in [0.4, 0.5) is 0 Å². The van der Waals surface area contributed by atoms with Crippen LogP contribution in [-0.2, 0) is 0 Å². The van der Waals surface area contributed by atoms with E-state index >= 15 is 0 Å². The molecule has 0 radical (unpaired) electrons. The largest absolute Gasteiger partial charge is 0.490 e. The van der Waals surface area contributed by atoms with Crippen LogP contribution in [0.15, 0.2) is 22.7 Å². The molecular formula is C10H12Br2O2. The van der Waals surface area contributed by atoms with Gasteiger partial charge in [0, 0.05) is 5.33 Å². The molecule has 0 saturated carbocycles. The van der Waals surface area contributed by atoms with Gasteiger partial charge in [0.15, 0.2) is 0 Å². The fourth-order valence-electron chi connectivity index (χ4n) is 0.953. The highest BCUT2D eigenvalue weighted by atomic mass is 79.9. The zero-order chi connectivity index (χ0) is 10.6. The third-order valence-electron chi connectivity index (χ3n) is 1.70. The number of rotatable bonds is 4. The zero-order valence-corrected chi connectivity index (χ0v) is 11.0. The fourth-order valence-corrected chi connectivity index (χ4v) is 1.75. The van der Waals surface area contributed by atoms with Crippen LogP contribution in [0.25, 0.3) is 0 Å². The van der Waals surface area contributed by atoms with Gasteiger partial charge in [-0.2, -0.15) is 0 Å². The Kier molecular flexibility index (Phi) is 4.92. The third-order valence-corrected chi connectivity index (χ3v) is 3.06. The summed E-state index contributed by atoms with van der Waals surface area (Å²) in [5.41, 5.74) is 1.17. The van der Waals surface area contributed by atoms with Gasteiger partial charge >= 0.3 is 0 Å². The molecule has 0 fully saturated rings. The van der Waals surface area contributed by atoms with E-state index in [9.17, 15) is 5.11 Å². The summed E-state index contributed by atoms with van der Waals surface area (Å²) in [5.74, 6) is 0.760. The topological polar surface area (TPSA) is 29.5 Å². The van der Waals surface area contributed by atoms with E-state index in [0.29, 0.717) is 11.9 Å². The van der Waals surface area contributed by atoms with Crippen LogP contribution in [0, 0.1) is 6.92 Å². The first-order valence-electron chi connectivity index (χ1n) is 4.26. The SMILES string of the molecule is Cc1ccc(OCC(O)CBr)c(Br)c1. The Morgan fingerprint density at radius 2 is 2.21 bits per heavy atom. The maximum absolute atomic E-state index is 9.28. The normalized spacial score (nSPS) is 12.6. The van der Waals surface area contributed by atoms with Crippen LogP contribution in [0.5, 0.6) is 5.75 Å². The first kappa shape index (κ1) is 12.0. The second-order valence-electron chi connectivity index (χ2n) is 3.05. The number of alkyl halides is 1. The van der Waals surface area contributed by atoms with Crippen LogP contribution in [0.3, 0.4) is 0 Å². The van der Waals surface area contributed by atoms with Crippen LogP contribution in [0.1, 0.15) is 5.56 Å². The fraction of sp³-hybridized carbons (Fsp3) is 0.400. The predicted octanol–water partition coefficient (Wildman–Crippen LogP) is 2.89. The molecule has 4 heteroatoms. The van der Waals surface area contributed by atoms with Gasteiger partial charge in [0.05, 0.1) is 10.6 Å². The number of hydrogen-bond acceptors (Lipinski definition) is 2. The van der Waals surface area contributed by atoms with Gasteiger partial charge in [-0.05, 0) is 40.5 Å². The maximum atomic E-state index is 9.28. The molecule has 0 heterocycles. The number of aliphatic hydroxyl groups excluding tert-OH is 1. The first-order chi connectivity index (χ1) is 6.63. The lowest BCUT2D eigenvalue weighted by atomic mass is 10.2. The van der Waals surface area contributed by atoms with Crippen molar-refractivity contribution in [3.05, 3.63) is 28.2 Å². The second-order valence-corrected chi connectivity index (χ2v) is 4.55. The molecule has 0 bridgehead atoms. The molecule has 0 aromatic heterocycles. The molecule has 1 N–H and O–H groups in total. The van der Waals surface area contributed by atoms with Crippen molar-refractivity contribution in [3.63, 3.8) is 0 Å². The smallest absolute Gasteiger partial charge is 0.133 e. The summed E-state index contributed by atoms with van der Waals surface area (Å²) in [6.45, 7) is 2.31. The van der Waals surface area contributed by atoms with E-state index in [2.05, 4.69) is 31.9 Å². The Morgan fingerprint density at radius 1 is 1.50 bits per heavy atom. The molecule has 1 aromatic carbocycles. The minimum absolute atomic E-state index is 0.299. The van der Waals surface area contributed by atoms with Crippen LogP contribution < -0.4 is 4.74 Å². The van der Waals surface area contributed by atoms with Crippen molar-refractivity contribution in [1.82, 2.24) is 0 Å². The third kappa shape index (κ3) is 3.59. The molecular weight excluding hydrogens is 312 g/mol. The van der Waals surface area contributed by atoms with Crippen molar-refractivity contribution in [2.24, 2.45) is 0 Å². The van der Waals surface area contributed by atoms with E-state index in [0.717, 1.165) is 10.2 Å². The van der Waals surface area contributed by atoms with Crippen LogP contribution >= 0.6 is 31.9 Å². The molecule has 1 rings (SSSR count). The number of benzene rings is 1. The molecule has 0 aliphatic heterocycles. The lowest BCUT2D eigenvalue weighted by Crippen LogP contribution is -2.18. The first-order valence-corrected chi connectivity index (χ1v) is 6.18. The minimum Gasteiger partial charge on any atom is -0.490 e. The highest BCUT2D eigenvalue weighted by molar-refractivity contribution is 9.10. The summed E-state index contributed by atoms with van der Waals surface area (Å²) in [4.78, 5) is 0. The van der Waals surface area contributed by atoms with Crippen molar-refractivity contribution < 1.29 is 9.84 Å². The summed E-state index contributed by atoms with van der Waals surface area (Å²) in [6, 6.07) is 5.84. The lowest BCUT2D eigenvalue weighted by molar-refractivity contribution is 0.127. The van der Waals surface area contributed by atoms with Gasteiger partial charge < -0.3 is 9.84 Å². The molecule has 0 aliphatic rings. The highest BCUT2D eigenvalue weighted by Crippen LogP contribution is 2.25. The Bertz CT molecular complexity index is 302. The van der Waals surface area contributed by atoms with Crippen molar-refractivity contribution in [2.75, 3.05) is 11.9 Å². The monoisotopic (exact) mass is 322 g/mol. The Hall–Kier alpha value is -0.0600. The van der Waals surface area contributed by atoms with Crippen molar-refractivity contribution in [2.45, 2.75) is 13.0 Å². The molecule has 1 unspecified atom stereocenters. The number of aryl methyl sites for hydroxylation is 1. The maximum Gasteiger partial charge on any atom is 0.133 e. The number of halogens is 2. The Morgan fingerprint density at radius 3 is 2.79 bits per heavy atom. The summed E-state index contributed by atoms with van der Waals surface area (Å²) >= 11 is 6.58.